The number of methoxy groups -OCH3 is 1. The van der Waals surface area contributed by atoms with Gasteiger partial charge in [-0.15, -0.1) is 11.8 Å². The Labute approximate surface area is 175 Å². The molecule has 150 valence electrons. The molecule has 2 fully saturated rings. The number of benzene rings is 2. The van der Waals surface area contributed by atoms with Gasteiger partial charge in [0.25, 0.3) is 0 Å². The monoisotopic (exact) mass is 408 g/mol. The van der Waals surface area contributed by atoms with Crippen LogP contribution in [-0.4, -0.2) is 47.5 Å². The molecule has 0 aromatic heterocycles. The third-order valence-electron chi connectivity index (χ3n) is 5.51. The van der Waals surface area contributed by atoms with Crippen molar-refractivity contribution in [3.05, 3.63) is 66.2 Å². The van der Waals surface area contributed by atoms with Crippen LogP contribution in [0, 0.1) is 0 Å². The summed E-state index contributed by atoms with van der Waals surface area (Å²) in [6, 6.07) is 17.5. The molecular formula is C23H24N2O3S. The molecule has 0 unspecified atom stereocenters. The molecule has 1 spiro atoms. The summed E-state index contributed by atoms with van der Waals surface area (Å²) in [6.07, 6.45) is 5.00. The van der Waals surface area contributed by atoms with E-state index in [1.807, 2.05) is 70.5 Å². The second kappa shape index (κ2) is 8.33. The number of hydrogen-bond acceptors (Lipinski definition) is 4. The molecule has 2 aliphatic rings. The molecule has 2 heterocycles. The summed E-state index contributed by atoms with van der Waals surface area (Å²) in [4.78, 5) is 28.8. The normalized spacial score (nSPS) is 18.6. The first kappa shape index (κ1) is 19.6. The number of amides is 2. The Bertz CT molecular complexity index is 921. The third-order valence-corrected chi connectivity index (χ3v) is 7.03. The molecule has 0 atom stereocenters. The van der Waals surface area contributed by atoms with Gasteiger partial charge < -0.3 is 9.64 Å². The molecule has 0 radical (unpaired) electrons. The van der Waals surface area contributed by atoms with Crippen LogP contribution in [0.1, 0.15) is 18.4 Å². The summed E-state index contributed by atoms with van der Waals surface area (Å²) in [5.41, 5.74) is 1.87. The number of piperidine rings is 1. The average Bonchev–Trinajstić information content (AvgIpc) is 3.08. The number of hydrogen-bond donors (Lipinski definition) is 0. The fourth-order valence-electron chi connectivity index (χ4n) is 3.96. The van der Waals surface area contributed by atoms with Crippen LogP contribution in [0.3, 0.4) is 0 Å². The van der Waals surface area contributed by atoms with E-state index < -0.39 is 0 Å². The fourth-order valence-corrected chi connectivity index (χ4v) is 5.29. The maximum absolute atomic E-state index is 12.7. The van der Waals surface area contributed by atoms with E-state index in [1.54, 1.807) is 24.9 Å². The number of carbonyl (C=O) groups is 2. The van der Waals surface area contributed by atoms with Gasteiger partial charge in [-0.25, -0.2) is 0 Å². The summed E-state index contributed by atoms with van der Waals surface area (Å²) in [7, 11) is 1.63. The Morgan fingerprint density at radius 2 is 1.86 bits per heavy atom. The minimum atomic E-state index is -0.288. The van der Waals surface area contributed by atoms with Gasteiger partial charge in [0.15, 0.2) is 0 Å². The standard InChI is InChI=1S/C23H24N2O3S/c1-28-20-9-5-8-19(16-20)25-22(27)17-29-23(25)12-14-24(15-13-23)21(26)11-10-18-6-3-2-4-7-18/h2-11,16H,12-15,17H2,1H3/b11-10+. The molecular weight excluding hydrogens is 384 g/mol. The van der Waals surface area contributed by atoms with Crippen molar-refractivity contribution in [1.29, 1.82) is 0 Å². The Morgan fingerprint density at radius 3 is 2.59 bits per heavy atom. The number of likely N-dealkylation sites (tertiary alicyclic amines) is 1. The molecule has 2 aliphatic heterocycles. The molecule has 4 rings (SSSR count). The molecule has 5 nitrogen and oxygen atoms in total. The number of carbonyl (C=O) groups excluding carboxylic acids is 2. The van der Waals surface area contributed by atoms with Crippen LogP contribution < -0.4 is 9.64 Å². The molecule has 29 heavy (non-hydrogen) atoms. The van der Waals surface area contributed by atoms with Gasteiger partial charge in [-0.2, -0.15) is 0 Å². The molecule has 2 aromatic rings. The summed E-state index contributed by atoms with van der Waals surface area (Å²) in [5, 5.41) is 0. The van der Waals surface area contributed by atoms with E-state index in [2.05, 4.69) is 0 Å². The topological polar surface area (TPSA) is 49.9 Å². The maximum atomic E-state index is 12.7. The van der Waals surface area contributed by atoms with Crippen molar-refractivity contribution in [3.63, 3.8) is 0 Å². The quantitative estimate of drug-likeness (QED) is 0.722. The summed E-state index contributed by atoms with van der Waals surface area (Å²) >= 11 is 1.69. The van der Waals surface area contributed by atoms with Gasteiger partial charge >= 0.3 is 0 Å². The second-order valence-electron chi connectivity index (χ2n) is 7.23. The SMILES string of the molecule is COc1cccc(N2C(=O)CSC23CCN(C(=O)/C=C/c2ccccc2)CC3)c1. The van der Waals surface area contributed by atoms with Gasteiger partial charge in [-0.3, -0.25) is 14.5 Å². The van der Waals surface area contributed by atoms with Gasteiger partial charge in [-0.1, -0.05) is 36.4 Å². The smallest absolute Gasteiger partial charge is 0.246 e. The highest BCUT2D eigenvalue weighted by molar-refractivity contribution is 8.02. The number of thioether (sulfide) groups is 1. The average molecular weight is 409 g/mol. The Hall–Kier alpha value is -2.73. The molecule has 0 N–H and O–H groups in total. The van der Waals surface area contributed by atoms with Gasteiger partial charge in [0.05, 0.1) is 17.7 Å². The van der Waals surface area contributed by atoms with E-state index in [1.165, 1.54) is 0 Å². The maximum Gasteiger partial charge on any atom is 0.246 e. The summed E-state index contributed by atoms with van der Waals surface area (Å²) in [5.74, 6) is 1.35. The van der Waals surface area contributed by atoms with Crippen molar-refractivity contribution in [3.8, 4) is 5.75 Å². The van der Waals surface area contributed by atoms with Gasteiger partial charge in [0.1, 0.15) is 5.75 Å². The van der Waals surface area contributed by atoms with Crippen molar-refractivity contribution in [1.82, 2.24) is 4.90 Å². The lowest BCUT2D eigenvalue weighted by molar-refractivity contribution is -0.127. The highest BCUT2D eigenvalue weighted by Gasteiger charge is 2.49. The third kappa shape index (κ3) is 4.03. The van der Waals surface area contributed by atoms with Crippen LogP contribution in [0.15, 0.2) is 60.7 Å². The first-order chi connectivity index (χ1) is 14.1. The van der Waals surface area contributed by atoms with Gasteiger partial charge in [0.2, 0.25) is 11.8 Å². The molecule has 2 aromatic carbocycles. The van der Waals surface area contributed by atoms with Crippen LogP contribution in [0.2, 0.25) is 0 Å². The van der Waals surface area contributed by atoms with E-state index in [4.69, 9.17) is 4.74 Å². The zero-order chi connectivity index (χ0) is 20.3. The lowest BCUT2D eigenvalue weighted by Gasteiger charge is -2.43. The number of ether oxygens (including phenoxy) is 1. The van der Waals surface area contributed by atoms with E-state index in [9.17, 15) is 9.59 Å². The van der Waals surface area contributed by atoms with Gasteiger partial charge in [-0.05, 0) is 36.6 Å². The predicted molar refractivity (Wildman–Crippen MR) is 117 cm³/mol. The predicted octanol–water partition coefficient (Wildman–Crippen LogP) is 3.81. The summed E-state index contributed by atoms with van der Waals surface area (Å²) in [6.45, 7) is 1.28. The highest BCUT2D eigenvalue weighted by atomic mass is 32.2. The molecule has 0 bridgehead atoms. The fraction of sp³-hybridized carbons (Fsp3) is 0.304. The Morgan fingerprint density at radius 1 is 1.10 bits per heavy atom. The Balaban J connectivity index is 1.46. The Kier molecular flexibility index (Phi) is 5.62. The van der Waals surface area contributed by atoms with Crippen LogP contribution in [0.5, 0.6) is 5.75 Å². The lowest BCUT2D eigenvalue weighted by atomic mass is 10.0. The molecule has 6 heteroatoms. The van der Waals surface area contributed by atoms with E-state index in [0.717, 1.165) is 29.8 Å². The van der Waals surface area contributed by atoms with Crippen molar-refractivity contribution in [2.75, 3.05) is 30.9 Å². The van der Waals surface area contributed by atoms with Crippen molar-refractivity contribution in [2.45, 2.75) is 17.7 Å². The molecule has 2 amide bonds. The van der Waals surface area contributed by atoms with Crippen LogP contribution in [0.25, 0.3) is 6.08 Å². The van der Waals surface area contributed by atoms with Crippen molar-refractivity contribution < 1.29 is 14.3 Å². The second-order valence-corrected chi connectivity index (χ2v) is 8.57. The van der Waals surface area contributed by atoms with Crippen molar-refractivity contribution >= 4 is 35.3 Å². The number of rotatable bonds is 4. The first-order valence-electron chi connectivity index (χ1n) is 9.74. The minimum Gasteiger partial charge on any atom is -0.497 e. The lowest BCUT2D eigenvalue weighted by Crippen LogP contribution is -2.53. The van der Waals surface area contributed by atoms with Crippen LogP contribution in [-0.2, 0) is 9.59 Å². The molecule has 0 saturated carbocycles. The zero-order valence-corrected chi connectivity index (χ0v) is 17.2. The summed E-state index contributed by atoms with van der Waals surface area (Å²) < 4.78 is 5.33. The van der Waals surface area contributed by atoms with E-state index in [-0.39, 0.29) is 16.7 Å². The van der Waals surface area contributed by atoms with Gasteiger partial charge in [0, 0.05) is 30.9 Å². The highest BCUT2D eigenvalue weighted by Crippen LogP contribution is 2.47. The minimum absolute atomic E-state index is 0.0194. The molecule has 0 aliphatic carbocycles. The number of nitrogens with zero attached hydrogens (tertiary/aromatic N) is 2. The zero-order valence-electron chi connectivity index (χ0n) is 16.4. The first-order valence-corrected chi connectivity index (χ1v) is 10.7. The number of anilines is 1. The van der Waals surface area contributed by atoms with E-state index >= 15 is 0 Å². The van der Waals surface area contributed by atoms with Crippen LogP contribution in [0.4, 0.5) is 5.69 Å². The van der Waals surface area contributed by atoms with Crippen LogP contribution >= 0.6 is 11.8 Å². The molecule has 2 saturated heterocycles. The van der Waals surface area contributed by atoms with Crippen molar-refractivity contribution in [2.24, 2.45) is 0 Å². The largest absolute Gasteiger partial charge is 0.497 e. The van der Waals surface area contributed by atoms with E-state index in [0.29, 0.717) is 18.8 Å².